The summed E-state index contributed by atoms with van der Waals surface area (Å²) in [5.41, 5.74) is 4.49. The zero-order valence-electron chi connectivity index (χ0n) is 15.1. The molecular formula is C22H22FN3. The molecule has 0 saturated carbocycles. The van der Waals surface area contributed by atoms with Crippen LogP contribution in [0.3, 0.4) is 0 Å². The van der Waals surface area contributed by atoms with Crippen LogP contribution >= 0.6 is 0 Å². The fourth-order valence-electron chi connectivity index (χ4n) is 3.13. The summed E-state index contributed by atoms with van der Waals surface area (Å²) in [6, 6.07) is 13.0. The number of pyridine rings is 1. The van der Waals surface area contributed by atoms with E-state index in [0.29, 0.717) is 13.0 Å². The molecule has 2 aromatic rings. The van der Waals surface area contributed by atoms with Gasteiger partial charge in [-0.15, -0.1) is 0 Å². The highest BCUT2D eigenvalue weighted by Gasteiger charge is 2.18. The third-order valence-corrected chi connectivity index (χ3v) is 4.65. The number of anilines is 1. The van der Waals surface area contributed by atoms with Crippen LogP contribution in [-0.4, -0.2) is 11.5 Å². The second kappa shape index (κ2) is 7.97. The summed E-state index contributed by atoms with van der Waals surface area (Å²) in [7, 11) is 0. The molecule has 1 N–H and O–H groups in total. The van der Waals surface area contributed by atoms with Gasteiger partial charge in [-0.05, 0) is 55.0 Å². The number of aryl methyl sites for hydroxylation is 1. The Hall–Kier alpha value is -2.93. The Kier molecular flexibility index (Phi) is 5.48. The number of nitrogens with one attached hydrogen (secondary N) is 1. The number of aromatic nitrogens is 1. The molecule has 1 atom stereocenters. The molecule has 0 amide bonds. The molecule has 0 spiro atoms. The third kappa shape index (κ3) is 4.00. The molecule has 1 aromatic carbocycles. The highest BCUT2D eigenvalue weighted by Crippen LogP contribution is 2.31. The van der Waals surface area contributed by atoms with Crippen LogP contribution < -0.4 is 5.32 Å². The molecule has 26 heavy (non-hydrogen) atoms. The van der Waals surface area contributed by atoms with Crippen molar-refractivity contribution in [3.8, 4) is 6.07 Å². The molecule has 1 heterocycles. The summed E-state index contributed by atoms with van der Waals surface area (Å²) >= 11 is 0. The van der Waals surface area contributed by atoms with Crippen molar-refractivity contribution in [2.75, 3.05) is 11.9 Å². The van der Waals surface area contributed by atoms with Gasteiger partial charge in [-0.2, -0.15) is 5.26 Å². The van der Waals surface area contributed by atoms with Crippen LogP contribution in [0.2, 0.25) is 0 Å². The summed E-state index contributed by atoms with van der Waals surface area (Å²) in [6.07, 6.45) is 5.69. The first-order chi connectivity index (χ1) is 12.6. The zero-order chi connectivity index (χ0) is 18.5. The molecule has 1 aromatic heterocycles. The monoisotopic (exact) mass is 347 g/mol. The SMILES string of the molecule is Cc1ccc(C2=C(C#N)C(C)CC=C2)nc1NCCc1cccc(F)c1. The number of nitrogens with zero attached hydrogens (tertiary/aromatic N) is 2. The number of rotatable bonds is 5. The van der Waals surface area contributed by atoms with Gasteiger partial charge in [0.2, 0.25) is 0 Å². The summed E-state index contributed by atoms with van der Waals surface area (Å²) in [5.74, 6) is 0.802. The first kappa shape index (κ1) is 17.9. The summed E-state index contributed by atoms with van der Waals surface area (Å²) in [6.45, 7) is 4.73. The van der Waals surface area contributed by atoms with Crippen molar-refractivity contribution in [3.63, 3.8) is 0 Å². The van der Waals surface area contributed by atoms with E-state index in [4.69, 9.17) is 4.98 Å². The molecule has 0 radical (unpaired) electrons. The van der Waals surface area contributed by atoms with Gasteiger partial charge in [0.1, 0.15) is 11.6 Å². The van der Waals surface area contributed by atoms with Gasteiger partial charge in [0.05, 0.1) is 11.8 Å². The van der Waals surface area contributed by atoms with Gasteiger partial charge in [-0.1, -0.05) is 37.3 Å². The number of hydrogen-bond acceptors (Lipinski definition) is 3. The Balaban J connectivity index is 1.78. The number of benzene rings is 1. The molecule has 0 fully saturated rings. The van der Waals surface area contributed by atoms with E-state index in [1.165, 1.54) is 6.07 Å². The number of hydrogen-bond donors (Lipinski definition) is 1. The molecular weight excluding hydrogens is 325 g/mol. The summed E-state index contributed by atoms with van der Waals surface area (Å²) < 4.78 is 13.3. The lowest BCUT2D eigenvalue weighted by Gasteiger charge is -2.18. The molecule has 1 aliphatic rings. The highest BCUT2D eigenvalue weighted by molar-refractivity contribution is 5.79. The molecule has 132 valence electrons. The molecule has 3 rings (SSSR count). The maximum Gasteiger partial charge on any atom is 0.129 e. The normalized spacial score (nSPS) is 16.5. The quantitative estimate of drug-likeness (QED) is 0.823. The van der Waals surface area contributed by atoms with Crippen molar-refractivity contribution >= 4 is 11.4 Å². The number of nitriles is 1. The minimum atomic E-state index is -0.215. The first-order valence-corrected chi connectivity index (χ1v) is 8.85. The van der Waals surface area contributed by atoms with Crippen molar-refractivity contribution in [2.45, 2.75) is 26.7 Å². The summed E-state index contributed by atoms with van der Waals surface area (Å²) in [5, 5.41) is 12.8. The largest absolute Gasteiger partial charge is 0.370 e. The van der Waals surface area contributed by atoms with Crippen molar-refractivity contribution in [2.24, 2.45) is 5.92 Å². The highest BCUT2D eigenvalue weighted by atomic mass is 19.1. The van der Waals surface area contributed by atoms with E-state index in [0.717, 1.165) is 40.2 Å². The topological polar surface area (TPSA) is 48.7 Å². The molecule has 3 nitrogen and oxygen atoms in total. The standard InChI is InChI=1S/C22H22FN3/c1-15-5-3-8-19(20(15)14-24)21-10-9-16(2)22(26-21)25-12-11-17-6-4-7-18(23)13-17/h3-4,6-10,13,15H,5,11-12H2,1-2H3,(H,25,26). The van der Waals surface area contributed by atoms with E-state index < -0.39 is 0 Å². The number of halogens is 1. The van der Waals surface area contributed by atoms with E-state index in [2.05, 4.69) is 24.4 Å². The van der Waals surface area contributed by atoms with Gasteiger partial charge >= 0.3 is 0 Å². The molecule has 0 saturated heterocycles. The predicted octanol–water partition coefficient (Wildman–Crippen LogP) is 5.06. The van der Waals surface area contributed by atoms with Crippen LogP contribution in [-0.2, 0) is 6.42 Å². The van der Waals surface area contributed by atoms with Gasteiger partial charge < -0.3 is 5.32 Å². The van der Waals surface area contributed by atoms with Crippen LogP contribution in [0.1, 0.15) is 30.2 Å². The Morgan fingerprint density at radius 3 is 2.92 bits per heavy atom. The molecule has 1 aliphatic carbocycles. The Bertz CT molecular complexity index is 906. The number of allylic oxidation sites excluding steroid dienone is 4. The van der Waals surface area contributed by atoms with Gasteiger partial charge in [0.15, 0.2) is 0 Å². The van der Waals surface area contributed by atoms with E-state index >= 15 is 0 Å². The summed E-state index contributed by atoms with van der Waals surface area (Å²) in [4.78, 5) is 4.73. The van der Waals surface area contributed by atoms with E-state index in [-0.39, 0.29) is 11.7 Å². The molecule has 4 heteroatoms. The molecule has 1 unspecified atom stereocenters. The predicted molar refractivity (Wildman–Crippen MR) is 103 cm³/mol. The lowest BCUT2D eigenvalue weighted by molar-refractivity contribution is 0.625. The average Bonchev–Trinajstić information content (AvgIpc) is 2.63. The maximum absolute atomic E-state index is 13.3. The Labute approximate surface area is 153 Å². The van der Waals surface area contributed by atoms with E-state index in [1.807, 2.05) is 31.2 Å². The minimum absolute atomic E-state index is 0.215. The van der Waals surface area contributed by atoms with Crippen LogP contribution in [0.15, 0.2) is 54.1 Å². The van der Waals surface area contributed by atoms with Gasteiger partial charge in [0, 0.05) is 17.7 Å². The van der Waals surface area contributed by atoms with E-state index in [1.54, 1.807) is 12.1 Å². The van der Waals surface area contributed by atoms with E-state index in [9.17, 15) is 9.65 Å². The van der Waals surface area contributed by atoms with Crippen molar-refractivity contribution in [1.29, 1.82) is 5.26 Å². The minimum Gasteiger partial charge on any atom is -0.370 e. The third-order valence-electron chi connectivity index (χ3n) is 4.65. The van der Waals surface area contributed by atoms with Crippen molar-refractivity contribution in [1.82, 2.24) is 4.98 Å². The fourth-order valence-corrected chi connectivity index (χ4v) is 3.13. The Morgan fingerprint density at radius 1 is 1.31 bits per heavy atom. The zero-order valence-corrected chi connectivity index (χ0v) is 15.1. The van der Waals surface area contributed by atoms with Crippen LogP contribution in [0.5, 0.6) is 0 Å². The maximum atomic E-state index is 13.3. The van der Waals surface area contributed by atoms with Crippen LogP contribution in [0, 0.1) is 30.0 Å². The second-order valence-corrected chi connectivity index (χ2v) is 6.65. The van der Waals surface area contributed by atoms with Gasteiger partial charge in [-0.3, -0.25) is 0 Å². The van der Waals surface area contributed by atoms with Crippen LogP contribution in [0.4, 0.5) is 10.2 Å². The fraction of sp³-hybridized carbons (Fsp3) is 0.273. The Morgan fingerprint density at radius 2 is 2.15 bits per heavy atom. The molecule has 0 aliphatic heterocycles. The van der Waals surface area contributed by atoms with Crippen LogP contribution in [0.25, 0.3) is 5.57 Å². The van der Waals surface area contributed by atoms with Gasteiger partial charge in [-0.25, -0.2) is 9.37 Å². The van der Waals surface area contributed by atoms with Crippen molar-refractivity contribution < 1.29 is 4.39 Å². The first-order valence-electron chi connectivity index (χ1n) is 8.85. The lowest BCUT2D eigenvalue weighted by atomic mass is 9.87. The molecule has 0 bridgehead atoms. The van der Waals surface area contributed by atoms with Crippen molar-refractivity contribution in [3.05, 3.63) is 76.8 Å². The average molecular weight is 347 g/mol. The second-order valence-electron chi connectivity index (χ2n) is 6.65. The lowest BCUT2D eigenvalue weighted by Crippen LogP contribution is -2.10. The van der Waals surface area contributed by atoms with Gasteiger partial charge in [0.25, 0.3) is 0 Å². The smallest absolute Gasteiger partial charge is 0.129 e.